The minimum absolute atomic E-state index is 0.0249. The molecule has 1 saturated heterocycles. The fourth-order valence-corrected chi connectivity index (χ4v) is 5.06. The molecule has 1 aliphatic heterocycles. The number of hydrogen-bond donors (Lipinski definition) is 1. The van der Waals surface area contributed by atoms with E-state index in [1.54, 1.807) is 38.3 Å². The Hall–Kier alpha value is -2.41. The highest BCUT2D eigenvalue weighted by molar-refractivity contribution is 7.91. The Morgan fingerprint density at radius 3 is 2.68 bits per heavy atom. The van der Waals surface area contributed by atoms with E-state index in [9.17, 15) is 13.2 Å². The molecule has 0 aliphatic carbocycles. The van der Waals surface area contributed by atoms with E-state index in [4.69, 9.17) is 4.74 Å². The Bertz CT molecular complexity index is 911. The van der Waals surface area contributed by atoms with Crippen molar-refractivity contribution in [3.8, 4) is 17.1 Å². The molecule has 0 saturated carbocycles. The molecule has 0 unspecified atom stereocenters. The number of rotatable bonds is 4. The van der Waals surface area contributed by atoms with E-state index in [1.807, 2.05) is 18.2 Å². The molecular formula is C18H20N2O4S. The third kappa shape index (κ3) is 3.99. The molecule has 0 bridgehead atoms. The summed E-state index contributed by atoms with van der Waals surface area (Å²) in [4.78, 5) is 16.9. The van der Waals surface area contributed by atoms with Gasteiger partial charge in [-0.1, -0.05) is 18.2 Å². The van der Waals surface area contributed by atoms with Crippen molar-refractivity contribution in [2.45, 2.75) is 18.9 Å². The molecule has 1 aromatic carbocycles. The quantitative estimate of drug-likeness (QED) is 0.902. The van der Waals surface area contributed by atoms with E-state index < -0.39 is 15.4 Å². The zero-order valence-electron chi connectivity index (χ0n) is 14.2. The van der Waals surface area contributed by atoms with Gasteiger partial charge < -0.3 is 10.1 Å². The van der Waals surface area contributed by atoms with Crippen LogP contribution in [0.1, 0.15) is 23.7 Å². The molecule has 1 atom stereocenters. The van der Waals surface area contributed by atoms with E-state index in [0.717, 1.165) is 5.56 Å². The van der Waals surface area contributed by atoms with Gasteiger partial charge in [0.2, 0.25) is 5.88 Å². The topological polar surface area (TPSA) is 85.4 Å². The van der Waals surface area contributed by atoms with Gasteiger partial charge in [-0.3, -0.25) is 4.79 Å². The first-order valence-corrected chi connectivity index (χ1v) is 9.77. The van der Waals surface area contributed by atoms with Crippen molar-refractivity contribution >= 4 is 15.7 Å². The number of sulfone groups is 1. The Labute approximate surface area is 147 Å². The predicted octanol–water partition coefficient (Wildman–Crippen LogP) is 2.06. The summed E-state index contributed by atoms with van der Waals surface area (Å²) in [5.41, 5.74) is 1.23. The van der Waals surface area contributed by atoms with Crippen LogP contribution in [-0.4, -0.2) is 43.5 Å². The van der Waals surface area contributed by atoms with Gasteiger partial charge in [-0.15, -0.1) is 0 Å². The minimum atomic E-state index is -3.08. The number of carbonyl (C=O) groups is 1. The maximum Gasteiger partial charge on any atom is 0.251 e. The summed E-state index contributed by atoms with van der Waals surface area (Å²) in [6, 6.07) is 12.5. The fourth-order valence-electron chi connectivity index (χ4n) is 2.96. The number of pyridine rings is 1. The number of ether oxygens (including phenoxy) is 1. The summed E-state index contributed by atoms with van der Waals surface area (Å²) in [7, 11) is -1.53. The van der Waals surface area contributed by atoms with Crippen LogP contribution in [0.5, 0.6) is 5.88 Å². The van der Waals surface area contributed by atoms with Crippen molar-refractivity contribution < 1.29 is 17.9 Å². The van der Waals surface area contributed by atoms with Crippen molar-refractivity contribution in [2.75, 3.05) is 18.6 Å². The van der Waals surface area contributed by atoms with E-state index in [0.29, 0.717) is 23.6 Å². The number of amides is 1. The number of hydrogen-bond acceptors (Lipinski definition) is 5. The summed E-state index contributed by atoms with van der Waals surface area (Å²) in [6.45, 7) is 1.77. The highest BCUT2D eigenvalue weighted by Crippen LogP contribution is 2.24. The van der Waals surface area contributed by atoms with Gasteiger partial charge in [-0.25, -0.2) is 13.4 Å². The molecule has 1 aliphatic rings. The lowest BCUT2D eigenvalue weighted by atomic mass is 10.0. The Kier molecular flexibility index (Phi) is 4.51. The van der Waals surface area contributed by atoms with Gasteiger partial charge in [-0.2, -0.15) is 0 Å². The average molecular weight is 360 g/mol. The molecule has 3 rings (SSSR count). The number of methoxy groups -OCH3 is 1. The monoisotopic (exact) mass is 360 g/mol. The zero-order chi connectivity index (χ0) is 18.1. The Morgan fingerprint density at radius 2 is 2.00 bits per heavy atom. The average Bonchev–Trinajstić information content (AvgIpc) is 2.88. The molecule has 25 heavy (non-hydrogen) atoms. The third-order valence-corrected chi connectivity index (χ3v) is 6.17. The van der Waals surface area contributed by atoms with Crippen LogP contribution in [0.2, 0.25) is 0 Å². The second-order valence-electron chi connectivity index (χ2n) is 6.50. The predicted molar refractivity (Wildman–Crippen MR) is 95.4 cm³/mol. The highest BCUT2D eigenvalue weighted by Gasteiger charge is 2.39. The van der Waals surface area contributed by atoms with E-state index in [1.165, 1.54) is 0 Å². The fraction of sp³-hybridized carbons (Fsp3) is 0.333. The standard InChI is InChI=1S/C18H20N2O4S/c1-18(9-10-25(22,23)12-18)20-17(21)14-6-3-5-13(11-14)15-7-4-8-16(19-15)24-2/h3-8,11H,9-10,12H2,1-2H3,(H,20,21)/t18-/m1/s1. The van der Waals surface area contributed by atoms with Gasteiger partial charge in [-0.05, 0) is 31.5 Å². The maximum absolute atomic E-state index is 12.6. The third-order valence-electron chi connectivity index (χ3n) is 4.27. The maximum atomic E-state index is 12.6. The number of aromatic nitrogens is 1. The van der Waals surface area contributed by atoms with Crippen LogP contribution >= 0.6 is 0 Å². The van der Waals surface area contributed by atoms with Crippen molar-refractivity contribution in [1.82, 2.24) is 10.3 Å². The Balaban J connectivity index is 1.82. The lowest BCUT2D eigenvalue weighted by Gasteiger charge is -2.24. The number of benzene rings is 1. The summed E-state index contributed by atoms with van der Waals surface area (Å²) in [5, 5.41) is 2.87. The molecule has 2 aromatic rings. The first-order valence-electron chi connectivity index (χ1n) is 7.95. The number of nitrogens with zero attached hydrogens (tertiary/aromatic N) is 1. The van der Waals surface area contributed by atoms with E-state index >= 15 is 0 Å². The van der Waals surface area contributed by atoms with Crippen LogP contribution in [-0.2, 0) is 9.84 Å². The van der Waals surface area contributed by atoms with Gasteiger partial charge in [0.1, 0.15) is 0 Å². The van der Waals surface area contributed by atoms with E-state index in [-0.39, 0.29) is 17.4 Å². The molecule has 0 spiro atoms. The largest absolute Gasteiger partial charge is 0.481 e. The summed E-state index contributed by atoms with van der Waals surface area (Å²) >= 11 is 0. The van der Waals surface area contributed by atoms with Gasteiger partial charge in [0.25, 0.3) is 5.91 Å². The molecule has 6 nitrogen and oxygen atoms in total. The van der Waals surface area contributed by atoms with Crippen molar-refractivity contribution in [3.63, 3.8) is 0 Å². The molecule has 132 valence electrons. The SMILES string of the molecule is COc1cccc(-c2cccc(C(=O)N[C@]3(C)CCS(=O)(=O)C3)c2)n1. The molecular weight excluding hydrogens is 340 g/mol. The molecule has 1 aromatic heterocycles. The second kappa shape index (κ2) is 6.48. The first-order chi connectivity index (χ1) is 11.8. The molecule has 7 heteroatoms. The van der Waals surface area contributed by atoms with Gasteiger partial charge in [0.05, 0.1) is 29.8 Å². The molecule has 1 amide bonds. The Morgan fingerprint density at radius 1 is 1.24 bits per heavy atom. The van der Waals surface area contributed by atoms with Gasteiger partial charge in [0.15, 0.2) is 9.84 Å². The van der Waals surface area contributed by atoms with Gasteiger partial charge in [0, 0.05) is 17.2 Å². The van der Waals surface area contributed by atoms with Crippen LogP contribution in [0.25, 0.3) is 11.3 Å². The van der Waals surface area contributed by atoms with Crippen LogP contribution < -0.4 is 10.1 Å². The first kappa shape index (κ1) is 17.4. The normalized spacial score (nSPS) is 21.7. The summed E-state index contributed by atoms with van der Waals surface area (Å²) in [5.74, 6) is 0.292. The summed E-state index contributed by atoms with van der Waals surface area (Å²) in [6.07, 6.45) is 0.429. The second-order valence-corrected chi connectivity index (χ2v) is 8.69. The number of carbonyl (C=O) groups excluding carboxylic acids is 1. The van der Waals surface area contributed by atoms with Crippen molar-refractivity contribution in [3.05, 3.63) is 48.0 Å². The van der Waals surface area contributed by atoms with E-state index in [2.05, 4.69) is 10.3 Å². The smallest absolute Gasteiger partial charge is 0.251 e. The van der Waals surface area contributed by atoms with Gasteiger partial charge >= 0.3 is 0 Å². The minimum Gasteiger partial charge on any atom is -0.481 e. The number of nitrogens with one attached hydrogen (secondary N) is 1. The van der Waals surface area contributed by atoms with Crippen molar-refractivity contribution in [1.29, 1.82) is 0 Å². The molecule has 2 heterocycles. The highest BCUT2D eigenvalue weighted by atomic mass is 32.2. The lowest BCUT2D eigenvalue weighted by Crippen LogP contribution is -2.46. The van der Waals surface area contributed by atoms with Crippen LogP contribution in [0.4, 0.5) is 0 Å². The van der Waals surface area contributed by atoms with Crippen LogP contribution in [0, 0.1) is 0 Å². The molecule has 1 N–H and O–H groups in total. The molecule has 0 radical (unpaired) electrons. The van der Waals surface area contributed by atoms with Crippen molar-refractivity contribution in [2.24, 2.45) is 0 Å². The van der Waals surface area contributed by atoms with Crippen LogP contribution in [0.15, 0.2) is 42.5 Å². The van der Waals surface area contributed by atoms with Crippen LogP contribution in [0.3, 0.4) is 0 Å². The molecule has 1 fully saturated rings. The summed E-state index contributed by atoms with van der Waals surface area (Å²) < 4.78 is 28.5. The lowest BCUT2D eigenvalue weighted by molar-refractivity contribution is 0.0915. The zero-order valence-corrected chi connectivity index (χ0v) is 15.0.